The predicted octanol–water partition coefficient (Wildman–Crippen LogP) is 0.773. The summed E-state index contributed by atoms with van der Waals surface area (Å²) in [6.45, 7) is 7.93. The van der Waals surface area contributed by atoms with E-state index in [4.69, 9.17) is 4.89 Å². The molecule has 90 valence electrons. The van der Waals surface area contributed by atoms with Crippen molar-refractivity contribution in [1.82, 2.24) is 5.32 Å². The third kappa shape index (κ3) is 4.62. The molecule has 0 aromatic carbocycles. The highest BCUT2D eigenvalue weighted by Gasteiger charge is 2.39. The highest BCUT2D eigenvalue weighted by Crippen LogP contribution is 2.39. The van der Waals surface area contributed by atoms with E-state index in [1.54, 1.807) is 0 Å². The van der Waals surface area contributed by atoms with E-state index in [0.29, 0.717) is 12.8 Å². The molecular formula is C9H19NO4P-. The lowest BCUT2D eigenvalue weighted by Gasteiger charge is -2.46. The lowest BCUT2D eigenvalue weighted by atomic mass is 9.81. The Kier molecular flexibility index (Phi) is 3.35. The number of phosphoric ester groups is 1. The van der Waals surface area contributed by atoms with Gasteiger partial charge in [0, 0.05) is 11.1 Å². The minimum Gasteiger partial charge on any atom is -0.756 e. The number of hydrogen-bond acceptors (Lipinski definition) is 4. The number of nitrogens with one attached hydrogen (secondary N) is 1. The minimum absolute atomic E-state index is 0.193. The highest BCUT2D eigenvalue weighted by molar-refractivity contribution is 7.44. The van der Waals surface area contributed by atoms with Crippen molar-refractivity contribution < 1.29 is 18.9 Å². The van der Waals surface area contributed by atoms with E-state index in [2.05, 4.69) is 9.84 Å². The molecule has 2 N–H and O–H groups in total. The molecule has 1 aliphatic heterocycles. The van der Waals surface area contributed by atoms with Crippen LogP contribution in [-0.4, -0.2) is 22.1 Å². The molecule has 0 saturated carbocycles. The van der Waals surface area contributed by atoms with Crippen LogP contribution in [-0.2, 0) is 9.09 Å². The van der Waals surface area contributed by atoms with Crippen molar-refractivity contribution in [1.29, 1.82) is 0 Å². The molecule has 15 heavy (non-hydrogen) atoms. The van der Waals surface area contributed by atoms with Crippen molar-refractivity contribution in [3.05, 3.63) is 0 Å². The van der Waals surface area contributed by atoms with Crippen LogP contribution in [0.4, 0.5) is 0 Å². The van der Waals surface area contributed by atoms with Crippen LogP contribution in [0.1, 0.15) is 40.5 Å². The standard InChI is InChI=1S/C9H20NO4P/c1-8(2)5-7(14-15(11,12)13)6-9(3,4)10-8/h7,10H,5-6H2,1-4H3,(H2,11,12,13)/p-1. The normalized spacial score (nSPS) is 29.7. The monoisotopic (exact) mass is 236 g/mol. The van der Waals surface area contributed by atoms with Gasteiger partial charge in [0.1, 0.15) is 0 Å². The maximum atomic E-state index is 10.7. The van der Waals surface area contributed by atoms with Gasteiger partial charge in [-0.15, -0.1) is 0 Å². The lowest BCUT2D eigenvalue weighted by Crippen LogP contribution is -2.59. The number of phosphoric acid groups is 1. The van der Waals surface area contributed by atoms with E-state index in [-0.39, 0.29) is 11.1 Å². The Bertz CT molecular complexity index is 268. The Morgan fingerprint density at radius 2 is 1.73 bits per heavy atom. The zero-order valence-corrected chi connectivity index (χ0v) is 10.5. The van der Waals surface area contributed by atoms with Crippen molar-refractivity contribution in [2.24, 2.45) is 0 Å². The molecule has 5 nitrogen and oxygen atoms in total. The topological polar surface area (TPSA) is 81.6 Å². The molecule has 1 heterocycles. The number of rotatable bonds is 2. The minimum atomic E-state index is -4.62. The first-order valence-electron chi connectivity index (χ1n) is 5.01. The fraction of sp³-hybridized carbons (Fsp3) is 1.00. The van der Waals surface area contributed by atoms with Crippen LogP contribution in [0.3, 0.4) is 0 Å². The van der Waals surface area contributed by atoms with Crippen molar-refractivity contribution in [2.45, 2.75) is 57.7 Å². The van der Waals surface area contributed by atoms with Crippen LogP contribution in [0.5, 0.6) is 0 Å². The van der Waals surface area contributed by atoms with E-state index < -0.39 is 13.9 Å². The van der Waals surface area contributed by atoms with E-state index in [1.807, 2.05) is 27.7 Å². The summed E-state index contributed by atoms with van der Waals surface area (Å²) < 4.78 is 15.3. The van der Waals surface area contributed by atoms with Crippen LogP contribution in [0, 0.1) is 0 Å². The van der Waals surface area contributed by atoms with Gasteiger partial charge >= 0.3 is 0 Å². The van der Waals surface area contributed by atoms with Crippen molar-refractivity contribution in [3.63, 3.8) is 0 Å². The van der Waals surface area contributed by atoms with Gasteiger partial charge < -0.3 is 19.6 Å². The summed E-state index contributed by atoms with van der Waals surface area (Å²) in [7, 11) is -4.62. The second-order valence-electron chi connectivity index (χ2n) is 5.50. The van der Waals surface area contributed by atoms with E-state index in [1.165, 1.54) is 0 Å². The first kappa shape index (κ1) is 13.1. The predicted molar refractivity (Wildman–Crippen MR) is 55.2 cm³/mol. The van der Waals surface area contributed by atoms with Crippen LogP contribution in [0.15, 0.2) is 0 Å². The Balaban J connectivity index is 2.72. The van der Waals surface area contributed by atoms with Gasteiger partial charge in [0.05, 0.1) is 6.10 Å². The highest BCUT2D eigenvalue weighted by atomic mass is 31.2. The first-order valence-corrected chi connectivity index (χ1v) is 6.50. The molecule has 0 spiro atoms. The Labute approximate surface area is 90.5 Å². The van der Waals surface area contributed by atoms with Crippen molar-refractivity contribution in [2.75, 3.05) is 0 Å². The van der Waals surface area contributed by atoms with E-state index in [0.717, 1.165) is 0 Å². The molecule has 1 atom stereocenters. The summed E-state index contributed by atoms with van der Waals surface area (Å²) in [5.41, 5.74) is -0.386. The fourth-order valence-corrected chi connectivity index (χ4v) is 3.02. The molecule has 0 aromatic heterocycles. The van der Waals surface area contributed by atoms with Gasteiger partial charge in [-0.05, 0) is 40.5 Å². The molecule has 1 rings (SSSR count). The van der Waals surface area contributed by atoms with Crippen LogP contribution in [0.2, 0.25) is 0 Å². The summed E-state index contributed by atoms with van der Waals surface area (Å²) in [6.07, 6.45) is 0.663. The summed E-state index contributed by atoms with van der Waals surface area (Å²) in [6, 6.07) is 0. The van der Waals surface area contributed by atoms with Crippen molar-refractivity contribution >= 4 is 7.82 Å². The maximum Gasteiger partial charge on any atom is 0.265 e. The Morgan fingerprint density at radius 3 is 2.07 bits per heavy atom. The zero-order valence-electron chi connectivity index (χ0n) is 9.61. The molecule has 1 unspecified atom stereocenters. The number of hydrogen-bond donors (Lipinski definition) is 2. The van der Waals surface area contributed by atoms with Crippen molar-refractivity contribution in [3.8, 4) is 0 Å². The van der Waals surface area contributed by atoms with Gasteiger partial charge in [-0.2, -0.15) is 0 Å². The second-order valence-corrected chi connectivity index (χ2v) is 6.64. The fourth-order valence-electron chi connectivity index (χ4n) is 2.49. The molecule has 0 aliphatic carbocycles. The third-order valence-corrected chi connectivity index (χ3v) is 3.00. The molecule has 6 heteroatoms. The zero-order chi connectivity index (χ0) is 11.9. The molecule has 1 saturated heterocycles. The summed E-state index contributed by atoms with van der Waals surface area (Å²) >= 11 is 0. The summed E-state index contributed by atoms with van der Waals surface area (Å²) in [4.78, 5) is 19.3. The van der Waals surface area contributed by atoms with Crippen LogP contribution >= 0.6 is 7.82 Å². The van der Waals surface area contributed by atoms with Gasteiger partial charge in [0.15, 0.2) is 0 Å². The van der Waals surface area contributed by atoms with Gasteiger partial charge in [-0.25, -0.2) is 0 Å². The molecule has 1 aliphatic rings. The molecule has 0 radical (unpaired) electrons. The van der Waals surface area contributed by atoms with Gasteiger partial charge in [0.25, 0.3) is 7.82 Å². The van der Waals surface area contributed by atoms with Gasteiger partial charge in [0.2, 0.25) is 0 Å². The SMILES string of the molecule is CC1(C)CC(OP(=O)([O-])O)CC(C)(C)N1. The Hall–Kier alpha value is 0.0700. The first-order chi connectivity index (χ1) is 6.49. The van der Waals surface area contributed by atoms with Gasteiger partial charge in [-0.1, -0.05) is 0 Å². The Morgan fingerprint density at radius 1 is 1.33 bits per heavy atom. The summed E-state index contributed by atoms with van der Waals surface area (Å²) in [5.74, 6) is 0. The third-order valence-electron chi connectivity index (χ3n) is 2.44. The average molecular weight is 236 g/mol. The quantitative estimate of drug-likeness (QED) is 0.692. The maximum absolute atomic E-state index is 10.7. The largest absolute Gasteiger partial charge is 0.756 e. The molecule has 0 aromatic rings. The van der Waals surface area contributed by atoms with E-state index >= 15 is 0 Å². The van der Waals surface area contributed by atoms with Crippen LogP contribution in [0.25, 0.3) is 0 Å². The average Bonchev–Trinajstić information content (AvgIpc) is 1.70. The van der Waals surface area contributed by atoms with Crippen LogP contribution < -0.4 is 10.2 Å². The molecule has 0 bridgehead atoms. The van der Waals surface area contributed by atoms with Gasteiger partial charge in [-0.3, -0.25) is 4.57 Å². The van der Waals surface area contributed by atoms with E-state index in [9.17, 15) is 9.46 Å². The smallest absolute Gasteiger partial charge is 0.265 e. The molecular weight excluding hydrogens is 217 g/mol. The molecule has 1 fully saturated rings. The second kappa shape index (κ2) is 3.82. The number of piperidine rings is 1. The summed E-state index contributed by atoms with van der Waals surface area (Å²) in [5, 5.41) is 3.39. The molecule has 0 amide bonds. The lowest BCUT2D eigenvalue weighted by molar-refractivity contribution is -0.226.